The van der Waals surface area contributed by atoms with E-state index >= 15 is 0 Å². The van der Waals surface area contributed by atoms with Gasteiger partial charge in [0.25, 0.3) is 11.1 Å². The van der Waals surface area contributed by atoms with Crippen LogP contribution >= 0.6 is 11.8 Å². The molecule has 1 fully saturated rings. The second-order valence-electron chi connectivity index (χ2n) is 5.28. The van der Waals surface area contributed by atoms with Gasteiger partial charge in [0.1, 0.15) is 6.54 Å². The van der Waals surface area contributed by atoms with E-state index in [0.717, 1.165) is 33.1 Å². The molecule has 1 aliphatic rings. The number of hydrogen-bond donors (Lipinski definition) is 1. The molecule has 2 heterocycles. The van der Waals surface area contributed by atoms with Gasteiger partial charge in [-0.1, -0.05) is 24.3 Å². The molecule has 0 spiro atoms. The molecule has 1 aliphatic heterocycles. The van der Waals surface area contributed by atoms with Gasteiger partial charge >= 0.3 is 0 Å². The number of carbonyl (C=O) groups excluding carboxylic acids is 3. The van der Waals surface area contributed by atoms with E-state index in [1.54, 1.807) is 16.8 Å². The first-order valence-corrected chi connectivity index (χ1v) is 8.05. The van der Waals surface area contributed by atoms with Crippen molar-refractivity contribution in [1.29, 1.82) is 0 Å². The predicted octanol–water partition coefficient (Wildman–Crippen LogP) is 2.35. The number of primary amides is 1. The van der Waals surface area contributed by atoms with Gasteiger partial charge in [-0.15, -0.1) is 6.58 Å². The van der Waals surface area contributed by atoms with Gasteiger partial charge in [0.05, 0.1) is 4.91 Å². The van der Waals surface area contributed by atoms with E-state index < -0.39 is 5.91 Å². The maximum atomic E-state index is 12.3. The van der Waals surface area contributed by atoms with Gasteiger partial charge in [0, 0.05) is 29.2 Å². The van der Waals surface area contributed by atoms with Gasteiger partial charge in [-0.05, 0) is 23.9 Å². The number of fused-ring (bicyclic) bond motifs is 1. The fourth-order valence-electron chi connectivity index (χ4n) is 2.62. The van der Waals surface area contributed by atoms with E-state index in [1.807, 2.05) is 24.3 Å². The summed E-state index contributed by atoms with van der Waals surface area (Å²) in [5, 5.41) is 0.571. The number of nitrogens with zero attached hydrogens (tertiary/aromatic N) is 2. The zero-order chi connectivity index (χ0) is 17.3. The first-order chi connectivity index (χ1) is 11.5. The molecule has 1 aromatic heterocycles. The maximum absolute atomic E-state index is 12.3. The van der Waals surface area contributed by atoms with E-state index in [2.05, 4.69) is 6.58 Å². The fraction of sp³-hybridized carbons (Fsp3) is 0.118. The second-order valence-corrected chi connectivity index (χ2v) is 6.27. The molecule has 7 heteroatoms. The monoisotopic (exact) mass is 341 g/mol. The van der Waals surface area contributed by atoms with Crippen molar-refractivity contribution < 1.29 is 14.4 Å². The minimum atomic E-state index is -0.450. The Bertz CT molecular complexity index is 898. The Morgan fingerprint density at radius 1 is 1.29 bits per heavy atom. The molecule has 0 saturated carbocycles. The highest BCUT2D eigenvalue weighted by molar-refractivity contribution is 8.18. The molecular formula is C17H15N3O3S. The van der Waals surface area contributed by atoms with E-state index in [1.165, 1.54) is 6.08 Å². The van der Waals surface area contributed by atoms with Crippen molar-refractivity contribution in [2.24, 2.45) is 5.73 Å². The quantitative estimate of drug-likeness (QED) is 0.668. The summed E-state index contributed by atoms with van der Waals surface area (Å²) < 4.78 is 1.73. The van der Waals surface area contributed by atoms with Crippen LogP contribution in [0.5, 0.6) is 0 Å². The Kier molecular flexibility index (Phi) is 4.26. The Hall–Kier alpha value is -2.80. The molecule has 3 amide bonds. The third kappa shape index (κ3) is 2.85. The van der Waals surface area contributed by atoms with Crippen molar-refractivity contribution in [1.82, 2.24) is 9.47 Å². The molecule has 1 aromatic carbocycles. The van der Waals surface area contributed by atoms with E-state index in [-0.39, 0.29) is 24.2 Å². The molecule has 0 radical (unpaired) electrons. The number of thioether (sulfide) groups is 1. The Morgan fingerprint density at radius 2 is 2.04 bits per heavy atom. The highest BCUT2D eigenvalue weighted by Gasteiger charge is 2.34. The van der Waals surface area contributed by atoms with Crippen LogP contribution in [-0.2, 0) is 16.1 Å². The zero-order valence-electron chi connectivity index (χ0n) is 12.8. The smallest absolute Gasteiger partial charge is 0.293 e. The van der Waals surface area contributed by atoms with Crippen LogP contribution in [0.2, 0.25) is 0 Å². The Morgan fingerprint density at radius 3 is 2.75 bits per heavy atom. The average Bonchev–Trinajstić information content (AvgIpc) is 3.01. The van der Waals surface area contributed by atoms with Crippen LogP contribution in [0.1, 0.15) is 5.56 Å². The standard InChI is InChI=1S/C17H15N3O3S/c1-2-7-20-16(22)14(24-17(20)23)8-11-9-19(10-15(18)21)13-6-4-3-5-12(11)13/h2-6,8-9H,1,7,10H2,(H2,18,21)/b14-8-. The van der Waals surface area contributed by atoms with Crippen molar-refractivity contribution in [2.75, 3.05) is 6.54 Å². The summed E-state index contributed by atoms with van der Waals surface area (Å²) in [7, 11) is 0. The molecule has 2 aromatic rings. The van der Waals surface area contributed by atoms with Crippen molar-refractivity contribution >= 4 is 45.8 Å². The first kappa shape index (κ1) is 16.1. The normalized spacial score (nSPS) is 16.3. The highest BCUT2D eigenvalue weighted by atomic mass is 32.2. The SMILES string of the molecule is C=CCN1C(=O)S/C(=C\c2cn(CC(N)=O)c3ccccc23)C1=O. The molecule has 2 N–H and O–H groups in total. The minimum absolute atomic E-state index is 0.0479. The van der Waals surface area contributed by atoms with Crippen molar-refractivity contribution in [3.05, 3.63) is 53.6 Å². The van der Waals surface area contributed by atoms with Crippen molar-refractivity contribution in [2.45, 2.75) is 6.54 Å². The maximum Gasteiger partial charge on any atom is 0.293 e. The lowest BCUT2D eigenvalue weighted by molar-refractivity contribution is -0.122. The number of benzene rings is 1. The van der Waals surface area contributed by atoms with Crippen LogP contribution in [-0.4, -0.2) is 33.1 Å². The largest absolute Gasteiger partial charge is 0.368 e. The molecule has 0 bridgehead atoms. The van der Waals surface area contributed by atoms with Crippen LogP contribution in [0.25, 0.3) is 17.0 Å². The number of nitrogens with two attached hydrogens (primary N) is 1. The summed E-state index contributed by atoms with van der Waals surface area (Å²) in [5.41, 5.74) is 6.89. The van der Waals surface area contributed by atoms with Crippen molar-refractivity contribution in [3.63, 3.8) is 0 Å². The average molecular weight is 341 g/mol. The molecule has 0 unspecified atom stereocenters. The molecule has 122 valence electrons. The van der Waals surface area contributed by atoms with Gasteiger partial charge in [-0.3, -0.25) is 19.3 Å². The lowest BCUT2D eigenvalue weighted by Crippen LogP contribution is -2.27. The van der Waals surface area contributed by atoms with Crippen LogP contribution in [0.15, 0.2) is 48.0 Å². The third-order valence-corrected chi connectivity index (χ3v) is 4.52. The van der Waals surface area contributed by atoms with Gasteiger partial charge in [0.2, 0.25) is 5.91 Å². The van der Waals surface area contributed by atoms with Gasteiger partial charge in [0.15, 0.2) is 0 Å². The number of amides is 3. The van der Waals surface area contributed by atoms with Gasteiger partial charge < -0.3 is 10.3 Å². The minimum Gasteiger partial charge on any atom is -0.368 e. The topological polar surface area (TPSA) is 85.4 Å². The predicted molar refractivity (Wildman–Crippen MR) is 94.0 cm³/mol. The molecular weight excluding hydrogens is 326 g/mol. The number of para-hydroxylation sites is 1. The summed E-state index contributed by atoms with van der Waals surface area (Å²) in [6.07, 6.45) is 4.95. The van der Waals surface area contributed by atoms with Gasteiger partial charge in [-0.25, -0.2) is 0 Å². The molecule has 3 rings (SSSR count). The van der Waals surface area contributed by atoms with Gasteiger partial charge in [-0.2, -0.15) is 0 Å². The molecule has 0 aliphatic carbocycles. The molecule has 24 heavy (non-hydrogen) atoms. The number of imide groups is 1. The summed E-state index contributed by atoms with van der Waals surface area (Å²) in [5.74, 6) is -0.787. The summed E-state index contributed by atoms with van der Waals surface area (Å²) in [4.78, 5) is 37.0. The van der Waals surface area contributed by atoms with E-state index in [9.17, 15) is 14.4 Å². The lowest BCUT2D eigenvalue weighted by atomic mass is 10.1. The number of rotatable bonds is 5. The van der Waals surface area contributed by atoms with Crippen LogP contribution < -0.4 is 5.73 Å². The Balaban J connectivity index is 2.04. The molecule has 0 atom stereocenters. The zero-order valence-corrected chi connectivity index (χ0v) is 13.6. The Labute approximate surface area is 142 Å². The second kappa shape index (κ2) is 6.37. The summed E-state index contributed by atoms with van der Waals surface area (Å²) in [6.45, 7) is 3.79. The third-order valence-electron chi connectivity index (χ3n) is 3.62. The van der Waals surface area contributed by atoms with Crippen LogP contribution in [0.3, 0.4) is 0 Å². The van der Waals surface area contributed by atoms with Crippen molar-refractivity contribution in [3.8, 4) is 0 Å². The molecule has 6 nitrogen and oxygen atoms in total. The van der Waals surface area contributed by atoms with E-state index in [0.29, 0.717) is 4.91 Å². The first-order valence-electron chi connectivity index (χ1n) is 7.23. The van der Waals surface area contributed by atoms with E-state index in [4.69, 9.17) is 5.73 Å². The highest BCUT2D eigenvalue weighted by Crippen LogP contribution is 2.34. The fourth-order valence-corrected chi connectivity index (χ4v) is 3.46. The van der Waals surface area contributed by atoms with Crippen LogP contribution in [0, 0.1) is 0 Å². The lowest BCUT2D eigenvalue weighted by Gasteiger charge is -2.07. The molecule has 1 saturated heterocycles. The number of hydrogen-bond acceptors (Lipinski definition) is 4. The summed E-state index contributed by atoms with van der Waals surface area (Å²) in [6, 6.07) is 7.50. The van der Waals surface area contributed by atoms with Crippen LogP contribution in [0.4, 0.5) is 4.79 Å². The number of carbonyl (C=O) groups is 3. The summed E-state index contributed by atoms with van der Waals surface area (Å²) >= 11 is 0.898. The number of aromatic nitrogens is 1.